The van der Waals surface area contributed by atoms with E-state index in [9.17, 15) is 14.7 Å². The fourth-order valence-electron chi connectivity index (χ4n) is 4.08. The van der Waals surface area contributed by atoms with Crippen LogP contribution in [-0.4, -0.2) is 31.2 Å². The van der Waals surface area contributed by atoms with E-state index in [2.05, 4.69) is 10.4 Å². The minimum absolute atomic E-state index is 0.0614. The van der Waals surface area contributed by atoms with E-state index < -0.39 is 11.5 Å². The van der Waals surface area contributed by atoms with E-state index >= 15 is 0 Å². The first kappa shape index (κ1) is 22.7. The number of hydrogen-bond acceptors (Lipinski definition) is 5. The molecule has 0 radical (unpaired) electrons. The third-order valence-corrected chi connectivity index (χ3v) is 5.99. The summed E-state index contributed by atoms with van der Waals surface area (Å²) < 4.78 is 8.70. The molecule has 35 heavy (non-hydrogen) atoms. The maximum Gasteiger partial charge on any atom is 0.291 e. The molecule has 0 bridgehead atoms. The summed E-state index contributed by atoms with van der Waals surface area (Å²) in [5, 5.41) is 18.2. The van der Waals surface area contributed by atoms with Crippen molar-refractivity contribution in [2.75, 3.05) is 0 Å². The van der Waals surface area contributed by atoms with Crippen LogP contribution in [0.15, 0.2) is 65.6 Å². The first-order valence-electron chi connectivity index (χ1n) is 11.8. The van der Waals surface area contributed by atoms with Gasteiger partial charge in [0, 0.05) is 18.2 Å². The lowest BCUT2D eigenvalue weighted by molar-refractivity contribution is 0.0944. The molecule has 8 heteroatoms. The molecule has 2 aromatic carbocycles. The molecule has 180 valence electrons. The van der Waals surface area contributed by atoms with Gasteiger partial charge < -0.3 is 15.2 Å². The average Bonchev–Trinajstić information content (AvgIpc) is 3.55. The first-order valence-corrected chi connectivity index (χ1v) is 11.8. The Morgan fingerprint density at radius 1 is 1.14 bits per heavy atom. The monoisotopic (exact) mass is 472 g/mol. The number of fused-ring (bicyclic) bond motifs is 1. The highest BCUT2D eigenvalue weighted by molar-refractivity contribution is 5.97. The molecule has 0 spiro atoms. The number of ether oxygens (including phenoxy) is 1. The molecule has 0 aliphatic heterocycles. The van der Waals surface area contributed by atoms with Crippen LogP contribution in [0.1, 0.15) is 42.6 Å². The second-order valence-electron chi connectivity index (χ2n) is 9.35. The van der Waals surface area contributed by atoms with Crippen LogP contribution in [0.4, 0.5) is 0 Å². The normalized spacial score (nSPS) is 13.3. The summed E-state index contributed by atoms with van der Waals surface area (Å²) in [6, 6.07) is 17.5. The van der Waals surface area contributed by atoms with Crippen molar-refractivity contribution in [3.63, 3.8) is 0 Å². The summed E-state index contributed by atoms with van der Waals surface area (Å²) >= 11 is 0. The zero-order valence-electron chi connectivity index (χ0n) is 19.8. The van der Waals surface area contributed by atoms with Crippen LogP contribution in [0.5, 0.6) is 11.6 Å². The van der Waals surface area contributed by atoms with Gasteiger partial charge in [0.15, 0.2) is 11.2 Å². The van der Waals surface area contributed by atoms with Gasteiger partial charge in [-0.2, -0.15) is 9.61 Å². The number of carbonyl (C=O) groups excluding carboxylic acids is 1. The maximum absolute atomic E-state index is 13.2. The molecule has 1 amide bonds. The van der Waals surface area contributed by atoms with Gasteiger partial charge in [0.2, 0.25) is 5.88 Å². The molecule has 1 fully saturated rings. The molecule has 1 aliphatic rings. The van der Waals surface area contributed by atoms with Crippen LogP contribution < -0.4 is 15.6 Å². The standard InChI is InChI=1S/C27H28N4O4/c1-17(2)15-30-25-22(19-8-12-21(13-9-19)35-16-18-6-4-3-5-7-18)14-28-31(25)27(34)23(26(30)33)24(32)29-20-10-11-20/h3-9,12-14,17,20,33H,10-11,15-16H2,1-2H3,(H,29,32). The van der Waals surface area contributed by atoms with Crippen LogP contribution >= 0.6 is 0 Å². The van der Waals surface area contributed by atoms with Gasteiger partial charge in [0.05, 0.1) is 6.20 Å². The number of rotatable bonds is 8. The third kappa shape index (κ3) is 4.64. The molecule has 2 N–H and O–H groups in total. The predicted octanol–water partition coefficient (Wildman–Crippen LogP) is 4.00. The summed E-state index contributed by atoms with van der Waals surface area (Å²) in [6.07, 6.45) is 3.35. The van der Waals surface area contributed by atoms with Crippen molar-refractivity contribution in [2.24, 2.45) is 5.92 Å². The largest absolute Gasteiger partial charge is 0.494 e. The summed E-state index contributed by atoms with van der Waals surface area (Å²) in [4.78, 5) is 26.0. The van der Waals surface area contributed by atoms with Gasteiger partial charge in [-0.1, -0.05) is 56.3 Å². The molecule has 2 aromatic heterocycles. The number of aromatic nitrogens is 3. The SMILES string of the molecule is CC(C)Cn1c(O)c(C(=O)NC2CC2)c(=O)n2ncc(-c3ccc(OCc4ccccc4)cc3)c12. The summed E-state index contributed by atoms with van der Waals surface area (Å²) in [5.74, 6) is -0.0242. The molecule has 2 heterocycles. The highest BCUT2D eigenvalue weighted by Crippen LogP contribution is 2.30. The molecule has 0 atom stereocenters. The number of amides is 1. The van der Waals surface area contributed by atoms with Gasteiger partial charge in [-0.3, -0.25) is 14.2 Å². The lowest BCUT2D eigenvalue weighted by Crippen LogP contribution is -2.34. The van der Waals surface area contributed by atoms with Crippen LogP contribution in [-0.2, 0) is 13.2 Å². The van der Waals surface area contributed by atoms with Crippen molar-refractivity contribution in [3.8, 4) is 22.8 Å². The maximum atomic E-state index is 13.2. The highest BCUT2D eigenvalue weighted by Gasteiger charge is 2.30. The zero-order chi connectivity index (χ0) is 24.5. The number of hydrogen-bond donors (Lipinski definition) is 2. The van der Waals surface area contributed by atoms with Gasteiger partial charge in [0.25, 0.3) is 11.5 Å². The fourth-order valence-corrected chi connectivity index (χ4v) is 4.08. The van der Waals surface area contributed by atoms with Crippen molar-refractivity contribution in [2.45, 2.75) is 45.9 Å². The van der Waals surface area contributed by atoms with Crippen LogP contribution in [0.25, 0.3) is 16.8 Å². The highest BCUT2D eigenvalue weighted by atomic mass is 16.5. The number of aromatic hydroxyl groups is 1. The molecule has 0 unspecified atom stereocenters. The minimum Gasteiger partial charge on any atom is -0.494 e. The molecular formula is C27H28N4O4. The first-order chi connectivity index (χ1) is 16.9. The van der Waals surface area contributed by atoms with E-state index in [1.54, 1.807) is 10.8 Å². The van der Waals surface area contributed by atoms with Gasteiger partial charge in [0.1, 0.15) is 12.4 Å². The number of nitrogens with one attached hydrogen (secondary N) is 1. The summed E-state index contributed by atoms with van der Waals surface area (Å²) in [5.41, 5.74) is 2.12. The summed E-state index contributed by atoms with van der Waals surface area (Å²) in [7, 11) is 0. The van der Waals surface area contributed by atoms with Gasteiger partial charge >= 0.3 is 0 Å². The van der Waals surface area contributed by atoms with Crippen LogP contribution in [0.3, 0.4) is 0 Å². The van der Waals surface area contributed by atoms with E-state index in [1.807, 2.05) is 68.4 Å². The Labute approximate surface area is 202 Å². The second-order valence-corrected chi connectivity index (χ2v) is 9.35. The third-order valence-electron chi connectivity index (χ3n) is 5.99. The summed E-state index contributed by atoms with van der Waals surface area (Å²) in [6.45, 7) is 4.89. The topological polar surface area (TPSA) is 97.9 Å². The smallest absolute Gasteiger partial charge is 0.291 e. The van der Waals surface area contributed by atoms with Gasteiger partial charge in [-0.25, -0.2) is 0 Å². The van der Waals surface area contributed by atoms with Crippen molar-refractivity contribution in [1.29, 1.82) is 0 Å². The zero-order valence-corrected chi connectivity index (χ0v) is 19.8. The van der Waals surface area contributed by atoms with Gasteiger partial charge in [-0.05, 0) is 42.0 Å². The molecule has 0 saturated heterocycles. The van der Waals surface area contributed by atoms with Gasteiger partial charge in [-0.15, -0.1) is 0 Å². The number of nitrogens with zero attached hydrogens (tertiary/aromatic N) is 3. The number of carbonyl (C=O) groups is 1. The molecule has 1 saturated carbocycles. The fraction of sp³-hybridized carbons (Fsp3) is 0.296. The Morgan fingerprint density at radius 2 is 1.86 bits per heavy atom. The Hall–Kier alpha value is -4.07. The van der Waals surface area contributed by atoms with E-state index in [-0.39, 0.29) is 23.4 Å². The predicted molar refractivity (Wildman–Crippen MR) is 133 cm³/mol. The van der Waals surface area contributed by atoms with Crippen LogP contribution in [0, 0.1) is 5.92 Å². The van der Waals surface area contributed by atoms with E-state index in [0.717, 1.165) is 29.7 Å². The van der Waals surface area contributed by atoms with E-state index in [4.69, 9.17) is 4.74 Å². The average molecular weight is 473 g/mol. The molecular weight excluding hydrogens is 444 g/mol. The van der Waals surface area contributed by atoms with E-state index in [1.165, 1.54) is 4.52 Å². The molecule has 8 nitrogen and oxygen atoms in total. The minimum atomic E-state index is -0.635. The molecule has 5 rings (SSSR count). The second kappa shape index (κ2) is 9.29. The van der Waals surface area contributed by atoms with Crippen molar-refractivity contribution in [1.82, 2.24) is 19.5 Å². The molecule has 4 aromatic rings. The number of benzene rings is 2. The van der Waals surface area contributed by atoms with Crippen molar-refractivity contribution >= 4 is 11.6 Å². The molecule has 1 aliphatic carbocycles. The van der Waals surface area contributed by atoms with Crippen molar-refractivity contribution < 1.29 is 14.6 Å². The Morgan fingerprint density at radius 3 is 2.51 bits per heavy atom. The quantitative estimate of drug-likeness (QED) is 0.404. The van der Waals surface area contributed by atoms with Crippen molar-refractivity contribution in [3.05, 3.63) is 82.3 Å². The Bertz CT molecular complexity index is 1420. The Balaban J connectivity index is 1.52. The van der Waals surface area contributed by atoms with E-state index in [0.29, 0.717) is 24.4 Å². The lowest BCUT2D eigenvalue weighted by atomic mass is 10.1. The lowest BCUT2D eigenvalue weighted by Gasteiger charge is -2.17. The van der Waals surface area contributed by atoms with Crippen LogP contribution in [0.2, 0.25) is 0 Å². The Kier molecular flexibility index (Phi) is 6.03.